The lowest BCUT2D eigenvalue weighted by Crippen LogP contribution is -2.42. The molecule has 0 aliphatic heterocycles. The molecule has 0 radical (unpaired) electrons. The standard InChI is InChI=1S/C14H29N3O2/c1-5-8-16-13(18)11-17(10-6-2)14(19)7-9-15-12(3)4/h12,15H,5-11H2,1-4H3,(H,16,18). The Morgan fingerprint density at radius 1 is 1.11 bits per heavy atom. The molecule has 0 unspecified atom stereocenters. The first-order chi connectivity index (χ1) is 9.01. The highest BCUT2D eigenvalue weighted by Gasteiger charge is 2.15. The zero-order chi connectivity index (χ0) is 14.7. The SMILES string of the molecule is CCCNC(=O)CN(CCC)C(=O)CCNC(C)C. The molecule has 0 aromatic rings. The van der Waals surface area contributed by atoms with Gasteiger partial charge in [0.1, 0.15) is 0 Å². The van der Waals surface area contributed by atoms with Crippen molar-refractivity contribution in [3.63, 3.8) is 0 Å². The fourth-order valence-corrected chi connectivity index (χ4v) is 1.68. The van der Waals surface area contributed by atoms with E-state index in [0.29, 0.717) is 32.1 Å². The average Bonchev–Trinajstić information content (AvgIpc) is 2.35. The van der Waals surface area contributed by atoms with Gasteiger partial charge in [-0.1, -0.05) is 27.7 Å². The molecule has 0 heterocycles. The Balaban J connectivity index is 4.14. The van der Waals surface area contributed by atoms with Crippen LogP contribution in [-0.2, 0) is 9.59 Å². The second-order valence-electron chi connectivity index (χ2n) is 5.02. The Kier molecular flexibility index (Phi) is 10.2. The monoisotopic (exact) mass is 271 g/mol. The quantitative estimate of drug-likeness (QED) is 0.626. The van der Waals surface area contributed by atoms with E-state index < -0.39 is 0 Å². The summed E-state index contributed by atoms with van der Waals surface area (Å²) in [6.45, 7) is 10.3. The Morgan fingerprint density at radius 2 is 1.79 bits per heavy atom. The van der Waals surface area contributed by atoms with Crippen LogP contribution in [0.25, 0.3) is 0 Å². The van der Waals surface area contributed by atoms with E-state index in [2.05, 4.69) is 10.6 Å². The molecule has 0 rings (SSSR count). The van der Waals surface area contributed by atoms with E-state index in [0.717, 1.165) is 12.8 Å². The zero-order valence-electron chi connectivity index (χ0n) is 12.8. The van der Waals surface area contributed by atoms with E-state index in [1.807, 2.05) is 27.7 Å². The van der Waals surface area contributed by atoms with Gasteiger partial charge in [0.2, 0.25) is 11.8 Å². The van der Waals surface area contributed by atoms with Crippen LogP contribution in [0.4, 0.5) is 0 Å². The van der Waals surface area contributed by atoms with E-state index in [1.165, 1.54) is 0 Å². The lowest BCUT2D eigenvalue weighted by molar-refractivity contribution is -0.136. The molecule has 0 aromatic carbocycles. The minimum atomic E-state index is -0.0690. The van der Waals surface area contributed by atoms with Gasteiger partial charge in [-0.2, -0.15) is 0 Å². The molecule has 0 saturated heterocycles. The summed E-state index contributed by atoms with van der Waals surface area (Å²) < 4.78 is 0. The van der Waals surface area contributed by atoms with Crippen LogP contribution in [0, 0.1) is 0 Å². The van der Waals surface area contributed by atoms with Crippen molar-refractivity contribution in [2.45, 2.75) is 53.0 Å². The van der Waals surface area contributed by atoms with Gasteiger partial charge in [0.15, 0.2) is 0 Å². The van der Waals surface area contributed by atoms with Gasteiger partial charge in [0, 0.05) is 32.1 Å². The number of carbonyl (C=O) groups is 2. The maximum absolute atomic E-state index is 12.0. The summed E-state index contributed by atoms with van der Waals surface area (Å²) in [5.41, 5.74) is 0. The summed E-state index contributed by atoms with van der Waals surface area (Å²) in [7, 11) is 0. The number of hydrogen-bond donors (Lipinski definition) is 2. The summed E-state index contributed by atoms with van der Waals surface area (Å²) in [5.74, 6) is -0.0258. The van der Waals surface area contributed by atoms with Crippen LogP contribution < -0.4 is 10.6 Å². The van der Waals surface area contributed by atoms with Crippen molar-refractivity contribution in [1.29, 1.82) is 0 Å². The Hall–Kier alpha value is -1.10. The average molecular weight is 271 g/mol. The van der Waals surface area contributed by atoms with Crippen LogP contribution in [0.3, 0.4) is 0 Å². The summed E-state index contributed by atoms with van der Waals surface area (Å²) in [4.78, 5) is 25.3. The van der Waals surface area contributed by atoms with Gasteiger partial charge in [-0.3, -0.25) is 9.59 Å². The van der Waals surface area contributed by atoms with E-state index in [4.69, 9.17) is 0 Å². The van der Waals surface area contributed by atoms with Crippen molar-refractivity contribution in [3.05, 3.63) is 0 Å². The first kappa shape index (κ1) is 17.9. The van der Waals surface area contributed by atoms with Crippen LogP contribution in [0.5, 0.6) is 0 Å². The topological polar surface area (TPSA) is 61.4 Å². The molecule has 2 N–H and O–H groups in total. The molecule has 5 heteroatoms. The number of rotatable bonds is 10. The van der Waals surface area contributed by atoms with Gasteiger partial charge in [-0.05, 0) is 12.8 Å². The molecular formula is C14H29N3O2. The van der Waals surface area contributed by atoms with Crippen molar-refractivity contribution >= 4 is 11.8 Å². The van der Waals surface area contributed by atoms with E-state index >= 15 is 0 Å². The number of carbonyl (C=O) groups excluding carboxylic acids is 2. The van der Waals surface area contributed by atoms with E-state index in [9.17, 15) is 9.59 Å². The minimum absolute atomic E-state index is 0.0432. The van der Waals surface area contributed by atoms with Crippen molar-refractivity contribution < 1.29 is 9.59 Å². The maximum atomic E-state index is 12.0. The van der Waals surface area contributed by atoms with Crippen molar-refractivity contribution in [1.82, 2.24) is 15.5 Å². The van der Waals surface area contributed by atoms with Crippen LogP contribution >= 0.6 is 0 Å². The molecule has 0 bridgehead atoms. The molecule has 2 amide bonds. The van der Waals surface area contributed by atoms with Gasteiger partial charge >= 0.3 is 0 Å². The maximum Gasteiger partial charge on any atom is 0.239 e. The molecule has 19 heavy (non-hydrogen) atoms. The molecule has 112 valence electrons. The Labute approximate surface area is 117 Å². The van der Waals surface area contributed by atoms with Crippen LogP contribution in [-0.4, -0.2) is 48.9 Å². The number of nitrogens with zero attached hydrogens (tertiary/aromatic N) is 1. The first-order valence-corrected chi connectivity index (χ1v) is 7.29. The second-order valence-corrected chi connectivity index (χ2v) is 5.02. The first-order valence-electron chi connectivity index (χ1n) is 7.29. The molecule has 0 aromatic heterocycles. The third kappa shape index (κ3) is 9.47. The Morgan fingerprint density at radius 3 is 2.32 bits per heavy atom. The second kappa shape index (κ2) is 10.8. The highest BCUT2D eigenvalue weighted by atomic mass is 16.2. The smallest absolute Gasteiger partial charge is 0.239 e. The third-order valence-corrected chi connectivity index (χ3v) is 2.64. The zero-order valence-corrected chi connectivity index (χ0v) is 12.8. The minimum Gasteiger partial charge on any atom is -0.355 e. The summed E-state index contributed by atoms with van der Waals surface area (Å²) in [6.07, 6.45) is 2.22. The molecule has 0 saturated carbocycles. The lowest BCUT2D eigenvalue weighted by Gasteiger charge is -2.22. The van der Waals surface area contributed by atoms with Gasteiger partial charge in [-0.15, -0.1) is 0 Å². The molecule has 0 spiro atoms. The fourth-order valence-electron chi connectivity index (χ4n) is 1.68. The van der Waals surface area contributed by atoms with Crippen molar-refractivity contribution in [2.75, 3.05) is 26.2 Å². The number of hydrogen-bond acceptors (Lipinski definition) is 3. The van der Waals surface area contributed by atoms with Gasteiger partial charge < -0.3 is 15.5 Å². The highest BCUT2D eigenvalue weighted by molar-refractivity contribution is 5.84. The predicted molar refractivity (Wildman–Crippen MR) is 77.9 cm³/mol. The third-order valence-electron chi connectivity index (χ3n) is 2.64. The molecule has 5 nitrogen and oxygen atoms in total. The Bertz CT molecular complexity index is 267. The largest absolute Gasteiger partial charge is 0.355 e. The molecule has 0 aliphatic rings. The number of nitrogens with one attached hydrogen (secondary N) is 2. The molecular weight excluding hydrogens is 242 g/mol. The fraction of sp³-hybridized carbons (Fsp3) is 0.857. The summed E-state index contributed by atoms with van der Waals surface area (Å²) >= 11 is 0. The highest BCUT2D eigenvalue weighted by Crippen LogP contribution is 1.97. The summed E-state index contributed by atoms with van der Waals surface area (Å²) in [6, 6.07) is 0.375. The molecule has 0 atom stereocenters. The molecule has 0 fully saturated rings. The van der Waals surface area contributed by atoms with Crippen LogP contribution in [0.2, 0.25) is 0 Å². The van der Waals surface area contributed by atoms with Gasteiger partial charge in [0.05, 0.1) is 6.54 Å². The normalized spacial score (nSPS) is 10.6. The van der Waals surface area contributed by atoms with Crippen LogP contribution in [0.15, 0.2) is 0 Å². The van der Waals surface area contributed by atoms with E-state index in [1.54, 1.807) is 4.90 Å². The summed E-state index contributed by atoms with van der Waals surface area (Å²) in [5, 5.41) is 6.01. The lowest BCUT2D eigenvalue weighted by atomic mass is 10.3. The number of amides is 2. The molecule has 0 aliphatic carbocycles. The van der Waals surface area contributed by atoms with Crippen LogP contribution in [0.1, 0.15) is 47.0 Å². The van der Waals surface area contributed by atoms with Gasteiger partial charge in [-0.25, -0.2) is 0 Å². The van der Waals surface area contributed by atoms with E-state index in [-0.39, 0.29) is 18.4 Å². The van der Waals surface area contributed by atoms with Crippen molar-refractivity contribution in [2.24, 2.45) is 0 Å². The van der Waals surface area contributed by atoms with Gasteiger partial charge in [0.25, 0.3) is 0 Å². The predicted octanol–water partition coefficient (Wildman–Crippen LogP) is 1.14. The van der Waals surface area contributed by atoms with Crippen molar-refractivity contribution in [3.8, 4) is 0 Å².